The van der Waals surface area contributed by atoms with Crippen LogP contribution < -0.4 is 5.73 Å². The van der Waals surface area contributed by atoms with E-state index in [1.54, 1.807) is 6.20 Å². The molecule has 3 aromatic carbocycles. The van der Waals surface area contributed by atoms with Crippen molar-refractivity contribution >= 4 is 32.7 Å². The van der Waals surface area contributed by atoms with E-state index in [-0.39, 0.29) is 0 Å². The van der Waals surface area contributed by atoms with Crippen LogP contribution in [0.15, 0.2) is 122 Å². The molecular weight excluding hydrogens is 536 g/mol. The van der Waals surface area contributed by atoms with Gasteiger partial charge in [-0.25, -0.2) is 0 Å². The molecule has 4 heteroatoms. The molecule has 0 amide bonds. The van der Waals surface area contributed by atoms with Gasteiger partial charge in [0.05, 0.1) is 0 Å². The van der Waals surface area contributed by atoms with Crippen molar-refractivity contribution in [3.05, 3.63) is 139 Å². The molecule has 0 fully saturated rings. The Labute approximate surface area is 260 Å². The monoisotopic (exact) mass is 574 g/mol. The fourth-order valence-corrected chi connectivity index (χ4v) is 6.68. The molecule has 0 saturated carbocycles. The van der Waals surface area contributed by atoms with Crippen molar-refractivity contribution in [1.82, 2.24) is 15.0 Å². The number of aromatic nitrogens is 3. The topological polar surface area (TPSA) is 64.7 Å². The van der Waals surface area contributed by atoms with E-state index in [1.165, 1.54) is 21.9 Å². The van der Waals surface area contributed by atoms with Crippen molar-refractivity contribution in [1.29, 1.82) is 0 Å². The molecule has 0 spiro atoms. The Morgan fingerprint density at radius 1 is 0.727 bits per heavy atom. The Morgan fingerprint density at radius 2 is 1.41 bits per heavy atom. The van der Waals surface area contributed by atoms with Gasteiger partial charge in [-0.05, 0) is 117 Å². The molecule has 44 heavy (non-hydrogen) atoms. The summed E-state index contributed by atoms with van der Waals surface area (Å²) in [6.07, 6.45) is 18.6. The first-order valence-corrected chi connectivity index (χ1v) is 15.5. The zero-order valence-electron chi connectivity index (χ0n) is 25.7. The molecule has 0 aliphatic heterocycles. The molecule has 2 N–H and O–H groups in total. The zero-order valence-corrected chi connectivity index (χ0v) is 25.7. The number of nitrogens with two attached hydrogens (primary N) is 1. The zero-order chi connectivity index (χ0) is 30.5. The van der Waals surface area contributed by atoms with Gasteiger partial charge in [0.15, 0.2) is 0 Å². The summed E-state index contributed by atoms with van der Waals surface area (Å²) in [5.74, 6) is 0.490. The van der Waals surface area contributed by atoms with Crippen LogP contribution in [0.5, 0.6) is 0 Å². The Morgan fingerprint density at radius 3 is 2.09 bits per heavy atom. The van der Waals surface area contributed by atoms with Crippen molar-refractivity contribution in [2.45, 2.75) is 46.0 Å². The number of nitrogens with zero attached hydrogens (tertiary/aromatic N) is 3. The summed E-state index contributed by atoms with van der Waals surface area (Å²) in [5, 5.41) is 4.70. The smallest absolute Gasteiger partial charge is 0.0353 e. The van der Waals surface area contributed by atoms with Crippen LogP contribution in [0.3, 0.4) is 0 Å². The van der Waals surface area contributed by atoms with Gasteiger partial charge in [0.25, 0.3) is 0 Å². The first-order valence-electron chi connectivity index (χ1n) is 15.5. The van der Waals surface area contributed by atoms with Crippen molar-refractivity contribution in [3.63, 3.8) is 0 Å². The summed E-state index contributed by atoms with van der Waals surface area (Å²) in [7, 11) is 0. The quantitative estimate of drug-likeness (QED) is 0.138. The minimum absolute atomic E-state index is 0.490. The van der Waals surface area contributed by atoms with E-state index in [1.807, 2.05) is 49.3 Å². The van der Waals surface area contributed by atoms with Gasteiger partial charge in [0.2, 0.25) is 0 Å². The first-order chi connectivity index (χ1) is 21.7. The van der Waals surface area contributed by atoms with E-state index in [0.717, 1.165) is 69.0 Å². The van der Waals surface area contributed by atoms with Crippen LogP contribution in [0.4, 0.5) is 0 Å². The Bertz CT molecular complexity index is 1970. The van der Waals surface area contributed by atoms with E-state index >= 15 is 0 Å². The highest BCUT2D eigenvalue weighted by atomic mass is 14.6. The molecule has 3 aromatic heterocycles. The van der Waals surface area contributed by atoms with E-state index in [9.17, 15) is 0 Å². The molecule has 3 heterocycles. The molecule has 4 nitrogen and oxygen atoms in total. The van der Waals surface area contributed by atoms with E-state index in [4.69, 9.17) is 5.73 Å². The van der Waals surface area contributed by atoms with Gasteiger partial charge < -0.3 is 5.73 Å². The summed E-state index contributed by atoms with van der Waals surface area (Å²) in [6.45, 7) is 6.64. The van der Waals surface area contributed by atoms with E-state index in [0.29, 0.717) is 5.92 Å². The summed E-state index contributed by atoms with van der Waals surface area (Å²) in [4.78, 5) is 13.2. The number of hydrogen-bond acceptors (Lipinski definition) is 4. The Balaban J connectivity index is 1.75. The van der Waals surface area contributed by atoms with Crippen LogP contribution in [-0.2, 0) is 0 Å². The van der Waals surface area contributed by atoms with Gasteiger partial charge in [0, 0.05) is 54.5 Å². The van der Waals surface area contributed by atoms with Gasteiger partial charge in [-0.3, -0.25) is 15.0 Å². The lowest BCUT2D eigenvalue weighted by Crippen LogP contribution is -2.02. The lowest BCUT2D eigenvalue weighted by molar-refractivity contribution is 0.596. The fraction of sp³-hybridized carbons (Fsp3) is 0.175. The third-order valence-electron chi connectivity index (χ3n) is 8.74. The third kappa shape index (κ3) is 5.28. The molecule has 6 rings (SSSR count). The molecule has 1 atom stereocenters. The Kier molecular flexibility index (Phi) is 8.60. The van der Waals surface area contributed by atoms with Gasteiger partial charge in [-0.2, -0.15) is 0 Å². The number of pyridine rings is 3. The van der Waals surface area contributed by atoms with Crippen LogP contribution in [0.2, 0.25) is 0 Å². The average molecular weight is 575 g/mol. The standard InChI is InChI=1S/C40H38N4/c1-4-9-27(5-2)30-12-13-35-36(24-30)40(37(25-41)31(6-3)28-14-19-42-20-15-28)34-11-8-7-10-33(34)39(35)38-26-44-23-18-32(38)29-16-21-43-22-17-29/h6-8,10-27H,4-5,9,41H2,1-3H3/b31-6-,37-25+. The van der Waals surface area contributed by atoms with Crippen LogP contribution >= 0.6 is 0 Å². The van der Waals surface area contributed by atoms with Crippen molar-refractivity contribution in [2.75, 3.05) is 0 Å². The average Bonchev–Trinajstić information content (AvgIpc) is 3.09. The van der Waals surface area contributed by atoms with Crippen LogP contribution in [0.25, 0.3) is 54.9 Å². The van der Waals surface area contributed by atoms with Crippen molar-refractivity contribution in [2.24, 2.45) is 5.73 Å². The summed E-state index contributed by atoms with van der Waals surface area (Å²) >= 11 is 0. The van der Waals surface area contributed by atoms with E-state index < -0.39 is 0 Å². The molecule has 0 aliphatic rings. The normalized spacial score (nSPS) is 13.0. The highest BCUT2D eigenvalue weighted by Crippen LogP contribution is 2.47. The largest absolute Gasteiger partial charge is 0.404 e. The van der Waals surface area contributed by atoms with E-state index in [2.05, 4.69) is 102 Å². The maximum absolute atomic E-state index is 6.59. The second-order valence-electron chi connectivity index (χ2n) is 11.2. The van der Waals surface area contributed by atoms with Gasteiger partial charge in [-0.1, -0.05) is 68.8 Å². The second-order valence-corrected chi connectivity index (χ2v) is 11.2. The first kappa shape index (κ1) is 29.0. The molecule has 1 unspecified atom stereocenters. The molecule has 0 saturated heterocycles. The van der Waals surface area contributed by atoms with Gasteiger partial charge >= 0.3 is 0 Å². The van der Waals surface area contributed by atoms with Crippen LogP contribution in [-0.4, -0.2) is 15.0 Å². The maximum atomic E-state index is 6.59. The maximum Gasteiger partial charge on any atom is 0.0353 e. The molecular formula is C40H38N4. The molecule has 6 aromatic rings. The van der Waals surface area contributed by atoms with Gasteiger partial charge in [0.1, 0.15) is 0 Å². The second kappa shape index (κ2) is 13.0. The fourth-order valence-electron chi connectivity index (χ4n) is 6.68. The van der Waals surface area contributed by atoms with Crippen LogP contribution in [0.1, 0.15) is 62.6 Å². The molecule has 0 aliphatic carbocycles. The molecule has 0 bridgehead atoms. The van der Waals surface area contributed by atoms with Crippen LogP contribution in [0, 0.1) is 0 Å². The highest BCUT2D eigenvalue weighted by Gasteiger charge is 2.23. The lowest BCUT2D eigenvalue weighted by atomic mass is 9.80. The van der Waals surface area contributed by atoms with Crippen molar-refractivity contribution < 1.29 is 0 Å². The summed E-state index contributed by atoms with van der Waals surface area (Å²) in [5.41, 5.74) is 16.8. The van der Waals surface area contributed by atoms with Crippen molar-refractivity contribution in [3.8, 4) is 22.3 Å². The number of fused-ring (bicyclic) bond motifs is 2. The summed E-state index contributed by atoms with van der Waals surface area (Å²) < 4.78 is 0. The minimum Gasteiger partial charge on any atom is -0.404 e. The highest BCUT2D eigenvalue weighted by molar-refractivity contribution is 6.24. The minimum atomic E-state index is 0.490. The number of hydrogen-bond donors (Lipinski definition) is 1. The third-order valence-corrected chi connectivity index (χ3v) is 8.74. The molecule has 218 valence electrons. The molecule has 0 radical (unpaired) electrons. The SMILES string of the molecule is C/C=C(\C(=C/N)c1c2ccccc2c(-c2cnccc2-c2ccncc2)c2ccc(C(CC)CCC)cc12)c1ccncc1. The number of rotatable bonds is 9. The number of allylic oxidation sites excluding steroid dienone is 3. The summed E-state index contributed by atoms with van der Waals surface area (Å²) in [6, 6.07) is 26.1. The predicted octanol–water partition coefficient (Wildman–Crippen LogP) is 10.2. The number of benzene rings is 3. The van der Waals surface area contributed by atoms with Gasteiger partial charge in [-0.15, -0.1) is 0 Å². The Hall–Kier alpha value is -5.09. The lowest BCUT2D eigenvalue weighted by Gasteiger charge is -2.23. The predicted molar refractivity (Wildman–Crippen MR) is 186 cm³/mol.